The lowest BCUT2D eigenvalue weighted by Gasteiger charge is -2.15. The van der Waals surface area contributed by atoms with Crippen LogP contribution in [-0.2, 0) is 0 Å². The zero-order chi connectivity index (χ0) is 33.9. The zero-order valence-corrected chi connectivity index (χ0v) is 28.6. The van der Waals surface area contributed by atoms with Crippen LogP contribution in [0.2, 0.25) is 0 Å². The van der Waals surface area contributed by atoms with Gasteiger partial charge in [-0.3, -0.25) is 0 Å². The molecular formula is C48H27NO2S. The van der Waals surface area contributed by atoms with Crippen LogP contribution in [0.4, 0.5) is 0 Å². The van der Waals surface area contributed by atoms with Crippen molar-refractivity contribution < 1.29 is 8.83 Å². The molecular weight excluding hydrogens is 655 g/mol. The van der Waals surface area contributed by atoms with E-state index in [-0.39, 0.29) is 0 Å². The van der Waals surface area contributed by atoms with E-state index in [1.54, 1.807) is 0 Å². The Morgan fingerprint density at radius 1 is 0.385 bits per heavy atom. The summed E-state index contributed by atoms with van der Waals surface area (Å²) in [5.41, 5.74) is 11.6. The van der Waals surface area contributed by atoms with Gasteiger partial charge in [-0.2, -0.15) is 0 Å². The molecule has 0 N–H and O–H groups in total. The first-order valence-corrected chi connectivity index (χ1v) is 18.4. The first kappa shape index (κ1) is 28.1. The molecule has 4 heterocycles. The number of aromatic nitrogens is 1. The highest BCUT2D eigenvalue weighted by atomic mass is 32.1. The minimum Gasteiger partial charge on any atom is -0.456 e. The van der Waals surface area contributed by atoms with Gasteiger partial charge in [-0.1, -0.05) is 103 Å². The maximum Gasteiger partial charge on any atom is 0.136 e. The van der Waals surface area contributed by atoms with Gasteiger partial charge in [0.15, 0.2) is 0 Å². The number of rotatable bonds is 3. The molecule has 0 atom stereocenters. The van der Waals surface area contributed by atoms with Crippen molar-refractivity contribution in [2.75, 3.05) is 0 Å². The van der Waals surface area contributed by atoms with Gasteiger partial charge in [0.25, 0.3) is 0 Å². The fourth-order valence-corrected chi connectivity index (χ4v) is 9.85. The number of hydrogen-bond acceptors (Lipinski definition) is 3. The first-order valence-electron chi connectivity index (χ1n) is 17.6. The second-order valence-electron chi connectivity index (χ2n) is 13.6. The van der Waals surface area contributed by atoms with Crippen LogP contribution in [0.3, 0.4) is 0 Å². The van der Waals surface area contributed by atoms with Crippen molar-refractivity contribution in [2.24, 2.45) is 0 Å². The lowest BCUT2D eigenvalue weighted by atomic mass is 9.93. The standard InChI is InChI=1S/C48H27NO2S/c1-5-17-38-35(12-1)47-39(24-23-34-33-11-4-8-22-44(33)52-48(34)47)49(38)30-26-28(31-15-9-20-42-45(31)36-13-2-6-18-40(36)50-42)25-29(27-30)32-16-10-21-43-46(32)37-14-3-7-19-41(37)51-43/h1-27H. The van der Waals surface area contributed by atoms with E-state index >= 15 is 0 Å². The predicted molar refractivity (Wildman–Crippen MR) is 219 cm³/mol. The Kier molecular flexibility index (Phi) is 5.65. The van der Waals surface area contributed by atoms with E-state index in [1.807, 2.05) is 23.5 Å². The average Bonchev–Trinajstić information content (AvgIpc) is 3.96. The van der Waals surface area contributed by atoms with Crippen LogP contribution in [-0.4, -0.2) is 4.57 Å². The van der Waals surface area contributed by atoms with Gasteiger partial charge in [0.2, 0.25) is 0 Å². The Bertz CT molecular complexity index is 3290. The fraction of sp³-hybridized carbons (Fsp3) is 0. The van der Waals surface area contributed by atoms with Gasteiger partial charge in [0.1, 0.15) is 22.3 Å². The Morgan fingerprint density at radius 3 is 1.62 bits per heavy atom. The summed E-state index contributed by atoms with van der Waals surface area (Å²) in [5, 5.41) is 9.66. The molecule has 3 nitrogen and oxygen atoms in total. The van der Waals surface area contributed by atoms with Crippen molar-refractivity contribution >= 4 is 97.2 Å². The minimum absolute atomic E-state index is 0.887. The highest BCUT2D eigenvalue weighted by Gasteiger charge is 2.21. The van der Waals surface area contributed by atoms with Crippen LogP contribution in [0.25, 0.3) is 114 Å². The molecule has 8 aromatic carbocycles. The van der Waals surface area contributed by atoms with Crippen molar-refractivity contribution in [3.63, 3.8) is 0 Å². The van der Waals surface area contributed by atoms with E-state index in [9.17, 15) is 0 Å². The lowest BCUT2D eigenvalue weighted by molar-refractivity contribution is 0.668. The molecule has 0 aliphatic carbocycles. The quantitative estimate of drug-likeness (QED) is 0.186. The summed E-state index contributed by atoms with van der Waals surface area (Å²) < 4.78 is 17.9. The van der Waals surface area contributed by atoms with Crippen LogP contribution < -0.4 is 0 Å². The van der Waals surface area contributed by atoms with Crippen LogP contribution in [0, 0.1) is 0 Å². The van der Waals surface area contributed by atoms with Gasteiger partial charge in [0.05, 0.1) is 11.0 Å². The third-order valence-corrected chi connectivity index (χ3v) is 12.0. The summed E-state index contributed by atoms with van der Waals surface area (Å²) in [7, 11) is 0. The third-order valence-electron chi connectivity index (χ3n) is 10.8. The molecule has 0 fully saturated rings. The molecule has 0 amide bonds. The van der Waals surface area contributed by atoms with E-state index in [2.05, 4.69) is 156 Å². The van der Waals surface area contributed by atoms with Gasteiger partial charge in [-0.25, -0.2) is 0 Å². The number of para-hydroxylation sites is 3. The summed E-state index contributed by atoms with van der Waals surface area (Å²) in [6.07, 6.45) is 0. The monoisotopic (exact) mass is 681 g/mol. The Balaban J connectivity index is 1.22. The molecule has 0 saturated heterocycles. The molecule has 0 spiro atoms. The van der Waals surface area contributed by atoms with Crippen molar-refractivity contribution in [1.82, 2.24) is 4.57 Å². The Labute approximate surface area is 301 Å². The van der Waals surface area contributed by atoms with Gasteiger partial charge >= 0.3 is 0 Å². The average molecular weight is 682 g/mol. The summed E-state index contributed by atoms with van der Waals surface area (Å²) in [6.45, 7) is 0. The minimum atomic E-state index is 0.887. The summed E-state index contributed by atoms with van der Waals surface area (Å²) >= 11 is 1.89. The third kappa shape index (κ3) is 3.84. The van der Waals surface area contributed by atoms with Gasteiger partial charge in [0, 0.05) is 58.2 Å². The van der Waals surface area contributed by atoms with Crippen molar-refractivity contribution in [1.29, 1.82) is 0 Å². The fourth-order valence-electron chi connectivity index (χ4n) is 8.59. The van der Waals surface area contributed by atoms with E-state index in [0.29, 0.717) is 0 Å². The number of thiophene rings is 1. The molecule has 0 aliphatic heterocycles. The molecule has 4 heteroatoms. The second kappa shape index (κ2) is 10.5. The molecule has 0 radical (unpaired) electrons. The zero-order valence-electron chi connectivity index (χ0n) is 27.8. The SMILES string of the molecule is c1ccc2c(c1)oc1cccc(-c3cc(-c4cccc5oc6ccccc6c45)cc(-n4c5ccccc5c5c6sc7ccccc7c6ccc54)c3)c12. The van der Waals surface area contributed by atoms with Crippen LogP contribution in [0.1, 0.15) is 0 Å². The molecule has 0 unspecified atom stereocenters. The van der Waals surface area contributed by atoms with Crippen molar-refractivity contribution in [3.05, 3.63) is 164 Å². The number of furan rings is 2. The number of nitrogens with zero attached hydrogens (tertiary/aromatic N) is 1. The molecule has 0 saturated carbocycles. The predicted octanol–water partition coefficient (Wildman–Crippen LogP) is 14.3. The first-order chi connectivity index (χ1) is 25.8. The molecule has 4 aromatic heterocycles. The summed E-state index contributed by atoms with van der Waals surface area (Å²) in [6, 6.07) is 58.8. The topological polar surface area (TPSA) is 31.2 Å². The molecule has 0 aliphatic rings. The van der Waals surface area contributed by atoms with Crippen LogP contribution in [0.15, 0.2) is 173 Å². The van der Waals surface area contributed by atoms with Gasteiger partial charge in [-0.05, 0) is 82.9 Å². The maximum atomic E-state index is 6.39. The largest absolute Gasteiger partial charge is 0.456 e. The molecule has 0 bridgehead atoms. The molecule has 12 rings (SSSR count). The van der Waals surface area contributed by atoms with Crippen LogP contribution in [0.5, 0.6) is 0 Å². The summed E-state index contributed by atoms with van der Waals surface area (Å²) in [4.78, 5) is 0. The van der Waals surface area contributed by atoms with Gasteiger partial charge < -0.3 is 13.4 Å². The molecule has 52 heavy (non-hydrogen) atoms. The number of benzene rings is 8. The number of hydrogen-bond donors (Lipinski definition) is 0. The van der Waals surface area contributed by atoms with Gasteiger partial charge in [-0.15, -0.1) is 11.3 Å². The molecule has 242 valence electrons. The smallest absolute Gasteiger partial charge is 0.136 e. The van der Waals surface area contributed by atoms with E-state index in [1.165, 1.54) is 42.0 Å². The van der Waals surface area contributed by atoms with Crippen molar-refractivity contribution in [3.8, 4) is 27.9 Å². The number of fused-ring (bicyclic) bond motifs is 13. The van der Waals surface area contributed by atoms with Crippen LogP contribution >= 0.6 is 11.3 Å². The lowest BCUT2D eigenvalue weighted by Crippen LogP contribution is -1.96. The van der Waals surface area contributed by atoms with E-state index in [4.69, 9.17) is 8.83 Å². The highest BCUT2D eigenvalue weighted by Crippen LogP contribution is 2.46. The highest BCUT2D eigenvalue weighted by molar-refractivity contribution is 7.26. The Hall–Kier alpha value is -6.62. The van der Waals surface area contributed by atoms with E-state index < -0.39 is 0 Å². The Morgan fingerprint density at radius 2 is 0.942 bits per heavy atom. The van der Waals surface area contributed by atoms with Crippen molar-refractivity contribution in [2.45, 2.75) is 0 Å². The maximum absolute atomic E-state index is 6.39. The van der Waals surface area contributed by atoms with E-state index in [0.717, 1.165) is 71.8 Å². The summed E-state index contributed by atoms with van der Waals surface area (Å²) in [5.74, 6) is 0. The molecule has 12 aromatic rings. The normalized spacial score (nSPS) is 12.2. The second-order valence-corrected chi connectivity index (χ2v) is 14.7.